The van der Waals surface area contributed by atoms with Crippen LogP contribution in [0.1, 0.15) is 111 Å². The van der Waals surface area contributed by atoms with Gasteiger partial charge in [-0.2, -0.15) is 0 Å². The summed E-state index contributed by atoms with van der Waals surface area (Å²) in [6.07, 6.45) is 1.92. The summed E-state index contributed by atoms with van der Waals surface area (Å²) >= 11 is 2.49. The molecule has 0 saturated heterocycles. The molecule has 0 radical (unpaired) electrons. The number of ether oxygens (including phenoxy) is 1. The van der Waals surface area contributed by atoms with Crippen molar-refractivity contribution in [2.24, 2.45) is 5.41 Å². The van der Waals surface area contributed by atoms with E-state index in [0.717, 1.165) is 43.5 Å². The number of hydrogen-bond acceptors (Lipinski definition) is 2. The third kappa shape index (κ3) is 6.05. The molecular formula is C54H58N4OPt. The normalized spacial score (nSPS) is 15.9. The zero-order chi connectivity index (χ0) is 42.9. The molecule has 8 aromatic rings. The molecule has 0 fully saturated rings. The fraction of sp³-hybridized carbons (Fsp3) is 0.333. The van der Waals surface area contributed by atoms with Gasteiger partial charge in [0.05, 0.1) is 0 Å². The standard InChI is InChI=1S/C54H58N4O.Pt/c1-34-27-28-55-47(29-34)58-44-26-24-42-49(53(10,11)54(12,13)52(42,8)9)48(44)41-23-22-40(32-45(41)58)59-39-16-14-15-38(31-39)57-33-56(37-20-17-35(18-21-37)50(2,3)4)46-30-36(51(5,6)7)19-25-43(46)57;/h14-32H,1-13H3;. The van der Waals surface area contributed by atoms with E-state index in [2.05, 4.69) is 232 Å². The number of imidazole rings is 1. The number of rotatable bonds is 5. The van der Waals surface area contributed by atoms with Crippen molar-refractivity contribution in [2.75, 3.05) is 0 Å². The Hall–Kier alpha value is -4.99. The smallest absolute Gasteiger partial charge is 0.0582 e. The quantitative estimate of drug-likeness (QED) is 0.172. The maximum absolute atomic E-state index is 6.86. The molecule has 3 aromatic heterocycles. The second kappa shape index (κ2) is 13.5. The van der Waals surface area contributed by atoms with Crippen molar-refractivity contribution in [3.8, 4) is 28.7 Å². The van der Waals surface area contributed by atoms with E-state index in [1.54, 1.807) is 0 Å². The summed E-state index contributed by atoms with van der Waals surface area (Å²) in [4.78, 5) is 4.94. The third-order valence-corrected chi connectivity index (χ3v) is 15.4. The second-order valence-corrected chi connectivity index (χ2v) is 21.7. The van der Waals surface area contributed by atoms with E-state index in [1.165, 1.54) is 49.6 Å². The molecule has 0 amide bonds. The summed E-state index contributed by atoms with van der Waals surface area (Å²) in [5.74, 6) is 2.47. The molecule has 5 nitrogen and oxygen atoms in total. The predicted molar refractivity (Wildman–Crippen MR) is 246 cm³/mol. The van der Waals surface area contributed by atoms with E-state index in [0.29, 0.717) is 0 Å². The van der Waals surface area contributed by atoms with Crippen LogP contribution in [0.2, 0.25) is 0 Å². The van der Waals surface area contributed by atoms with Crippen molar-refractivity contribution >= 4 is 32.8 Å². The molecule has 0 bridgehead atoms. The van der Waals surface area contributed by atoms with Crippen molar-refractivity contribution < 1.29 is 24.1 Å². The van der Waals surface area contributed by atoms with Crippen LogP contribution in [0.25, 0.3) is 50.0 Å². The molecule has 0 spiro atoms. The molecular weight excluding hydrogens is 916 g/mol. The van der Waals surface area contributed by atoms with Gasteiger partial charge in [-0.15, -0.1) is 0 Å². The third-order valence-electron chi connectivity index (χ3n) is 14.4. The topological polar surface area (TPSA) is 36.9 Å². The first-order valence-electron chi connectivity index (χ1n) is 21.3. The van der Waals surface area contributed by atoms with Gasteiger partial charge in [-0.3, -0.25) is 0 Å². The molecule has 0 unspecified atom stereocenters. The van der Waals surface area contributed by atoms with Gasteiger partial charge in [0, 0.05) is 6.20 Å². The van der Waals surface area contributed by atoms with Crippen LogP contribution in [-0.4, -0.2) is 18.7 Å². The van der Waals surface area contributed by atoms with Crippen LogP contribution < -0.4 is 4.74 Å². The zero-order valence-electron chi connectivity index (χ0n) is 37.5. The van der Waals surface area contributed by atoms with Gasteiger partial charge in [-0.25, -0.2) is 0 Å². The van der Waals surface area contributed by atoms with E-state index < -0.39 is 0 Å². The number of nitrogens with zero attached hydrogens (tertiary/aromatic N) is 4. The van der Waals surface area contributed by atoms with Crippen LogP contribution in [0.4, 0.5) is 0 Å². The van der Waals surface area contributed by atoms with Gasteiger partial charge in [0.25, 0.3) is 0 Å². The molecule has 60 heavy (non-hydrogen) atoms. The Morgan fingerprint density at radius 2 is 1.22 bits per heavy atom. The first kappa shape index (κ1) is 40.4. The van der Waals surface area contributed by atoms with Crippen LogP contribution >= 0.6 is 0 Å². The molecule has 0 atom stereocenters. The van der Waals surface area contributed by atoms with Gasteiger partial charge in [0.1, 0.15) is 0 Å². The molecule has 1 aliphatic rings. The van der Waals surface area contributed by atoms with Gasteiger partial charge < -0.3 is 0 Å². The molecule has 6 heteroatoms. The number of hydrogen-bond donors (Lipinski definition) is 0. The van der Waals surface area contributed by atoms with Gasteiger partial charge >= 0.3 is 274 Å². The molecule has 3 heterocycles. The summed E-state index contributed by atoms with van der Waals surface area (Å²) in [6, 6.07) is 40.0. The van der Waals surface area contributed by atoms with Crippen molar-refractivity contribution in [1.82, 2.24) is 18.7 Å². The second-order valence-electron chi connectivity index (χ2n) is 20.7. The Kier molecular flexibility index (Phi) is 9.10. The van der Waals surface area contributed by atoms with Gasteiger partial charge in [0.2, 0.25) is 0 Å². The fourth-order valence-corrected chi connectivity index (χ4v) is 10.8. The van der Waals surface area contributed by atoms with Crippen LogP contribution in [0.3, 0.4) is 0 Å². The van der Waals surface area contributed by atoms with Crippen molar-refractivity contribution in [1.29, 1.82) is 0 Å². The zero-order valence-corrected chi connectivity index (χ0v) is 39.8. The molecule has 1 aliphatic carbocycles. The van der Waals surface area contributed by atoms with Crippen molar-refractivity contribution in [3.63, 3.8) is 0 Å². The summed E-state index contributed by atoms with van der Waals surface area (Å²) in [5.41, 5.74) is 13.5. The van der Waals surface area contributed by atoms with Gasteiger partial charge in [0.15, 0.2) is 0 Å². The molecule has 0 N–H and O–H groups in total. The average molecular weight is 974 g/mol. The Balaban J connectivity index is 1.19. The van der Waals surface area contributed by atoms with E-state index >= 15 is 0 Å². The summed E-state index contributed by atoms with van der Waals surface area (Å²) in [7, 11) is 0. The van der Waals surface area contributed by atoms with Crippen LogP contribution in [0.5, 0.6) is 11.5 Å². The van der Waals surface area contributed by atoms with Crippen molar-refractivity contribution in [3.05, 3.63) is 147 Å². The summed E-state index contributed by atoms with van der Waals surface area (Å²) in [6.45, 7) is 30.3. The Bertz CT molecular complexity index is 3080. The molecule has 310 valence electrons. The summed E-state index contributed by atoms with van der Waals surface area (Å²) in [5, 5.41) is 2.53. The minimum Gasteiger partial charge on any atom is -0.0582 e. The van der Waals surface area contributed by atoms with E-state index in [9.17, 15) is 0 Å². The average Bonchev–Trinajstić information content (AvgIpc) is 3.70. The van der Waals surface area contributed by atoms with Crippen LogP contribution in [-0.2, 0) is 41.0 Å². The molecule has 0 saturated carbocycles. The SMILES string of the molecule is Cc1ccnc(-n2c3cc(Oc4cccc(-n5[c](=[Pt])n(-c6ccc(C(C)(C)C)cc6)c6cc(C(C)(C)C)ccc65)c4)ccc3c3c4c(ccc32)C(C)(C)C(C)(C)C4(C)C)c1. The number of pyridine rings is 1. The minimum absolute atomic E-state index is 0.00195. The van der Waals surface area contributed by atoms with E-state index in [4.69, 9.17) is 9.72 Å². The number of fused-ring (bicyclic) bond motifs is 6. The minimum atomic E-state index is -0.0668. The Morgan fingerprint density at radius 1 is 0.567 bits per heavy atom. The van der Waals surface area contributed by atoms with Crippen LogP contribution in [0, 0.1) is 16.1 Å². The van der Waals surface area contributed by atoms with E-state index in [1.807, 2.05) is 6.20 Å². The maximum atomic E-state index is 6.86. The fourth-order valence-electron chi connectivity index (χ4n) is 9.69. The van der Waals surface area contributed by atoms with E-state index in [-0.39, 0.29) is 27.1 Å². The van der Waals surface area contributed by atoms with Crippen LogP contribution in [0.15, 0.2) is 115 Å². The first-order valence-corrected chi connectivity index (χ1v) is 22.4. The van der Waals surface area contributed by atoms with Gasteiger partial charge in [-0.05, 0) is 40.4 Å². The number of aryl methyl sites for hydroxylation is 1. The monoisotopic (exact) mass is 973 g/mol. The number of aromatic nitrogens is 4. The molecule has 9 rings (SSSR count). The Morgan fingerprint density at radius 3 is 1.90 bits per heavy atom. The molecule has 0 aliphatic heterocycles. The number of benzene rings is 5. The summed E-state index contributed by atoms with van der Waals surface area (Å²) < 4.78 is 15.0. The van der Waals surface area contributed by atoms with Crippen molar-refractivity contribution in [2.45, 2.75) is 112 Å². The van der Waals surface area contributed by atoms with Gasteiger partial charge in [-0.1, -0.05) is 47.6 Å². The predicted octanol–water partition coefficient (Wildman–Crippen LogP) is 14.3. The Labute approximate surface area is 366 Å². The first-order chi connectivity index (χ1) is 28.1. The molecule has 5 aromatic carbocycles.